The fourth-order valence-electron chi connectivity index (χ4n) is 5.07. The van der Waals surface area contributed by atoms with Crippen molar-refractivity contribution < 1.29 is 23.7 Å². The SMILES string of the molecule is [B]c1c(Oc2ccc(CC(=O)OC)cc2)nc2c(-c3cnc4ccccc4c3)cnn2c1N(COCC[Si](C)(C)C)COCC[Si](C)(C)C. The Labute approximate surface area is 292 Å². The van der Waals surface area contributed by atoms with Crippen LogP contribution in [0.25, 0.3) is 27.7 Å². The third kappa shape index (κ3) is 9.78. The number of methoxy groups -OCH3 is 1. The lowest BCUT2D eigenvalue weighted by molar-refractivity contribution is -0.139. The van der Waals surface area contributed by atoms with Gasteiger partial charge in [0.2, 0.25) is 5.88 Å². The topological polar surface area (TPSA) is 100 Å². The minimum Gasteiger partial charge on any atom is -0.469 e. The van der Waals surface area contributed by atoms with Crippen molar-refractivity contribution in [2.75, 3.05) is 38.7 Å². The van der Waals surface area contributed by atoms with E-state index in [0.29, 0.717) is 35.9 Å². The van der Waals surface area contributed by atoms with Crippen LogP contribution in [0.1, 0.15) is 5.56 Å². The van der Waals surface area contributed by atoms with Crippen LogP contribution in [0.15, 0.2) is 67.0 Å². The molecule has 0 N–H and O–H groups in total. The van der Waals surface area contributed by atoms with Crippen LogP contribution in [0.4, 0.5) is 5.82 Å². The first-order valence-electron chi connectivity index (χ1n) is 16.6. The van der Waals surface area contributed by atoms with Crippen LogP contribution in [0.5, 0.6) is 11.6 Å². The molecule has 0 atom stereocenters. The zero-order valence-electron chi connectivity index (χ0n) is 29.7. The molecule has 3 heterocycles. The van der Waals surface area contributed by atoms with E-state index in [1.54, 1.807) is 22.8 Å². The first-order chi connectivity index (χ1) is 23.3. The first kappa shape index (κ1) is 36.2. The molecule has 0 amide bonds. The van der Waals surface area contributed by atoms with Crippen LogP contribution in [-0.2, 0) is 25.4 Å². The van der Waals surface area contributed by atoms with Crippen LogP contribution >= 0.6 is 0 Å². The van der Waals surface area contributed by atoms with Gasteiger partial charge in [-0.15, -0.1) is 0 Å². The summed E-state index contributed by atoms with van der Waals surface area (Å²) < 4.78 is 25.4. The summed E-state index contributed by atoms with van der Waals surface area (Å²) in [7, 11) is 5.67. The van der Waals surface area contributed by atoms with E-state index in [2.05, 4.69) is 50.3 Å². The number of carbonyl (C=O) groups excluding carboxylic acids is 1. The van der Waals surface area contributed by atoms with Crippen LogP contribution in [0.3, 0.4) is 0 Å². The maximum Gasteiger partial charge on any atom is 0.309 e. The average Bonchev–Trinajstić information content (AvgIpc) is 3.47. The number of hydrogen-bond acceptors (Lipinski definition) is 9. The van der Waals surface area contributed by atoms with Gasteiger partial charge >= 0.3 is 5.97 Å². The fourth-order valence-corrected chi connectivity index (χ4v) is 6.58. The molecule has 3 aromatic heterocycles. The zero-order chi connectivity index (χ0) is 35.2. The molecule has 0 fully saturated rings. The molecule has 2 radical (unpaired) electrons. The number of fused-ring (bicyclic) bond motifs is 2. The zero-order valence-corrected chi connectivity index (χ0v) is 31.7. The minimum absolute atomic E-state index is 0.163. The fraction of sp³-hybridized carbons (Fsp3) is 0.389. The Morgan fingerprint density at radius 3 is 2.18 bits per heavy atom. The number of carbonyl (C=O) groups is 1. The molecule has 0 spiro atoms. The molecule has 2 aromatic carbocycles. The van der Waals surface area contributed by atoms with Crippen molar-refractivity contribution in [2.45, 2.75) is 57.8 Å². The second kappa shape index (κ2) is 15.7. The second-order valence-corrected chi connectivity index (χ2v) is 25.8. The molecule has 0 aliphatic carbocycles. The third-order valence-corrected chi connectivity index (χ3v) is 11.4. The summed E-state index contributed by atoms with van der Waals surface area (Å²) in [5.41, 5.74) is 4.18. The molecule has 256 valence electrons. The van der Waals surface area contributed by atoms with Gasteiger partial charge in [-0.3, -0.25) is 9.78 Å². The molecular formula is C36H46BN5O5Si2. The molecule has 13 heteroatoms. The number of benzene rings is 2. The van der Waals surface area contributed by atoms with Crippen molar-refractivity contribution in [2.24, 2.45) is 0 Å². The summed E-state index contributed by atoms with van der Waals surface area (Å²) in [6.07, 6.45) is 3.77. The van der Waals surface area contributed by atoms with E-state index in [4.69, 9.17) is 36.9 Å². The summed E-state index contributed by atoms with van der Waals surface area (Å²) in [6.45, 7) is 15.7. The van der Waals surface area contributed by atoms with Gasteiger partial charge in [0.05, 0.1) is 25.2 Å². The predicted molar refractivity (Wildman–Crippen MR) is 202 cm³/mol. The maximum atomic E-state index is 11.8. The molecule has 0 unspecified atom stereocenters. The molecule has 0 aliphatic rings. The van der Waals surface area contributed by atoms with Crippen molar-refractivity contribution in [3.8, 4) is 22.8 Å². The highest BCUT2D eigenvalue weighted by Crippen LogP contribution is 2.31. The van der Waals surface area contributed by atoms with Crippen LogP contribution in [0, 0.1) is 0 Å². The van der Waals surface area contributed by atoms with Gasteiger partial charge in [-0.1, -0.05) is 69.6 Å². The summed E-state index contributed by atoms with van der Waals surface area (Å²) in [5, 5.41) is 5.80. The standard InChI is InChI=1S/C36H46BN5O5Si2/c1-44-32(43)20-26-12-14-29(15-13-26)47-35-33(37)36(41(24-45-16-18-48(2,3)4)25-46-17-19-49(5,6)7)42-34(40-35)30(23-39-42)28-21-27-10-8-9-11-31(27)38-22-28/h8-15,21-23H,16-20,24-25H2,1-7H3. The number of aromatic nitrogens is 4. The maximum absolute atomic E-state index is 11.8. The number of nitrogens with zero attached hydrogens (tertiary/aromatic N) is 5. The van der Waals surface area contributed by atoms with Gasteiger partial charge < -0.3 is 23.8 Å². The number of ether oxygens (including phenoxy) is 4. The molecule has 0 aliphatic heterocycles. The second-order valence-electron chi connectivity index (χ2n) is 14.6. The molecule has 5 rings (SSSR count). The lowest BCUT2D eigenvalue weighted by Gasteiger charge is -2.28. The van der Waals surface area contributed by atoms with Crippen molar-refractivity contribution in [3.05, 3.63) is 72.6 Å². The highest BCUT2D eigenvalue weighted by atomic mass is 28.3. The highest BCUT2D eigenvalue weighted by molar-refractivity contribution is 6.76. The number of pyridine rings is 1. The lowest BCUT2D eigenvalue weighted by atomic mass is 9.97. The van der Waals surface area contributed by atoms with Crippen LogP contribution in [-0.4, -0.2) is 83.3 Å². The Hall–Kier alpha value is -4.04. The van der Waals surface area contributed by atoms with Gasteiger partial charge in [-0.2, -0.15) is 14.6 Å². The number of esters is 1. The smallest absolute Gasteiger partial charge is 0.309 e. The van der Waals surface area contributed by atoms with Crippen LogP contribution in [0.2, 0.25) is 51.4 Å². The molecule has 5 aromatic rings. The van der Waals surface area contributed by atoms with Crippen molar-refractivity contribution in [1.29, 1.82) is 0 Å². The Morgan fingerprint density at radius 1 is 0.898 bits per heavy atom. The van der Waals surface area contributed by atoms with Gasteiger partial charge in [-0.25, -0.2) is 0 Å². The molecule has 49 heavy (non-hydrogen) atoms. The molecule has 10 nitrogen and oxygen atoms in total. The van der Waals surface area contributed by atoms with E-state index in [-0.39, 0.29) is 31.7 Å². The number of hydrogen-bond donors (Lipinski definition) is 0. The highest BCUT2D eigenvalue weighted by Gasteiger charge is 2.24. The van der Waals surface area contributed by atoms with E-state index >= 15 is 0 Å². The van der Waals surface area contributed by atoms with E-state index < -0.39 is 16.1 Å². The van der Waals surface area contributed by atoms with Crippen LogP contribution < -0.4 is 15.1 Å². The average molecular weight is 696 g/mol. The minimum atomic E-state index is -1.31. The Bertz CT molecular complexity index is 1870. The van der Waals surface area contributed by atoms with Gasteiger partial charge in [0, 0.05) is 57.5 Å². The van der Waals surface area contributed by atoms with Crippen molar-refractivity contribution >= 4 is 57.8 Å². The summed E-state index contributed by atoms with van der Waals surface area (Å²) in [4.78, 5) is 23.4. The number of rotatable bonds is 16. The first-order valence-corrected chi connectivity index (χ1v) is 24.0. The van der Waals surface area contributed by atoms with Crippen molar-refractivity contribution in [1.82, 2.24) is 19.6 Å². The Kier molecular flexibility index (Phi) is 11.6. The van der Waals surface area contributed by atoms with Gasteiger partial charge in [0.15, 0.2) is 5.65 Å². The van der Waals surface area contributed by atoms with E-state index in [1.807, 2.05) is 47.5 Å². The number of para-hydroxylation sites is 1. The summed E-state index contributed by atoms with van der Waals surface area (Å²) >= 11 is 0. The normalized spacial score (nSPS) is 12.1. The van der Waals surface area contributed by atoms with Gasteiger partial charge in [0.1, 0.15) is 32.9 Å². The third-order valence-electron chi connectivity index (χ3n) is 8.03. The van der Waals surface area contributed by atoms with Crippen molar-refractivity contribution in [3.63, 3.8) is 0 Å². The van der Waals surface area contributed by atoms with E-state index in [0.717, 1.165) is 39.7 Å². The van der Waals surface area contributed by atoms with Gasteiger partial charge in [-0.05, 0) is 41.9 Å². The number of anilines is 1. The van der Waals surface area contributed by atoms with E-state index in [1.165, 1.54) is 7.11 Å². The van der Waals surface area contributed by atoms with E-state index in [9.17, 15) is 4.79 Å². The summed E-state index contributed by atoms with van der Waals surface area (Å²) in [6, 6.07) is 19.3. The lowest BCUT2D eigenvalue weighted by Crippen LogP contribution is -2.37. The molecule has 0 bridgehead atoms. The Balaban J connectivity index is 1.57. The predicted octanol–water partition coefficient (Wildman–Crippen LogP) is 6.68. The quantitative estimate of drug-likeness (QED) is 0.0485. The molecule has 0 saturated heterocycles. The van der Waals surface area contributed by atoms with Gasteiger partial charge in [0.25, 0.3) is 0 Å². The molecular weight excluding hydrogens is 649 g/mol. The molecule has 0 saturated carbocycles. The Morgan fingerprint density at radius 2 is 1.55 bits per heavy atom. The summed E-state index contributed by atoms with van der Waals surface area (Å²) in [5.74, 6) is 0.974. The monoisotopic (exact) mass is 695 g/mol. The largest absolute Gasteiger partial charge is 0.469 e.